The molecule has 1 aromatic heterocycles. The first-order chi connectivity index (χ1) is 16.3. The summed E-state index contributed by atoms with van der Waals surface area (Å²) in [5.74, 6) is 0.271. The van der Waals surface area contributed by atoms with Gasteiger partial charge in [0, 0.05) is 18.7 Å². The van der Waals surface area contributed by atoms with Crippen LogP contribution in [0.25, 0.3) is 11.0 Å². The SMILES string of the molecule is CC(C)N(C)S(=O)(=O)c1cccc(C(=O)NC(Cc2ccccc2)c2nc3ccccc3[nH]2)c1. The Labute approximate surface area is 199 Å². The summed E-state index contributed by atoms with van der Waals surface area (Å²) >= 11 is 0. The van der Waals surface area contributed by atoms with Gasteiger partial charge < -0.3 is 10.3 Å². The van der Waals surface area contributed by atoms with Crippen LogP contribution >= 0.6 is 0 Å². The van der Waals surface area contributed by atoms with E-state index >= 15 is 0 Å². The third-order valence-electron chi connectivity index (χ3n) is 5.83. The number of amides is 1. The first-order valence-corrected chi connectivity index (χ1v) is 12.6. The Hall–Kier alpha value is -3.49. The number of H-pyrrole nitrogens is 1. The molecule has 2 N–H and O–H groups in total. The molecule has 3 aromatic carbocycles. The summed E-state index contributed by atoms with van der Waals surface area (Å²) in [5.41, 5.74) is 3.01. The van der Waals surface area contributed by atoms with Gasteiger partial charge >= 0.3 is 0 Å². The maximum Gasteiger partial charge on any atom is 0.251 e. The topological polar surface area (TPSA) is 95.2 Å². The van der Waals surface area contributed by atoms with Gasteiger partial charge in [0.1, 0.15) is 5.82 Å². The molecule has 0 radical (unpaired) electrons. The van der Waals surface area contributed by atoms with E-state index in [-0.39, 0.29) is 22.4 Å². The second-order valence-electron chi connectivity index (χ2n) is 8.50. The molecule has 0 aliphatic rings. The maximum absolute atomic E-state index is 13.3. The van der Waals surface area contributed by atoms with Crippen molar-refractivity contribution in [2.75, 3.05) is 7.05 Å². The van der Waals surface area contributed by atoms with Crippen molar-refractivity contribution in [2.45, 2.75) is 37.2 Å². The van der Waals surface area contributed by atoms with Crippen molar-refractivity contribution >= 4 is 27.0 Å². The highest BCUT2D eigenvalue weighted by atomic mass is 32.2. The van der Waals surface area contributed by atoms with Crippen molar-refractivity contribution in [3.63, 3.8) is 0 Å². The number of aromatic amines is 1. The number of fused-ring (bicyclic) bond motifs is 1. The van der Waals surface area contributed by atoms with Crippen LogP contribution in [0, 0.1) is 0 Å². The number of para-hydroxylation sites is 2. The standard InChI is InChI=1S/C26H28N4O3S/c1-18(2)30(3)34(32,33)21-13-9-12-20(17-21)26(31)29-24(16-19-10-5-4-6-11-19)25-27-22-14-7-8-15-23(22)28-25/h4-15,17-18,24H,16H2,1-3H3,(H,27,28)(H,29,31). The zero-order valence-electron chi connectivity index (χ0n) is 19.4. The molecule has 4 rings (SSSR count). The normalized spacial score (nSPS) is 12.9. The molecule has 1 heterocycles. The quantitative estimate of drug-likeness (QED) is 0.396. The predicted molar refractivity (Wildman–Crippen MR) is 133 cm³/mol. The fourth-order valence-electron chi connectivity index (χ4n) is 3.69. The number of carbonyl (C=O) groups excluding carboxylic acids is 1. The van der Waals surface area contributed by atoms with Crippen molar-refractivity contribution in [1.29, 1.82) is 0 Å². The molecular weight excluding hydrogens is 448 g/mol. The fourth-order valence-corrected chi connectivity index (χ4v) is 5.10. The fraction of sp³-hybridized carbons (Fsp3) is 0.231. The van der Waals surface area contributed by atoms with E-state index in [1.165, 1.54) is 23.5 Å². The Morgan fingerprint density at radius 1 is 1.00 bits per heavy atom. The number of benzene rings is 3. The van der Waals surface area contributed by atoms with Crippen LogP contribution < -0.4 is 5.32 Å². The van der Waals surface area contributed by atoms with Gasteiger partial charge in [0.05, 0.1) is 22.0 Å². The summed E-state index contributed by atoms with van der Waals surface area (Å²) in [4.78, 5) is 21.3. The minimum absolute atomic E-state index is 0.0831. The highest BCUT2D eigenvalue weighted by molar-refractivity contribution is 7.89. The summed E-state index contributed by atoms with van der Waals surface area (Å²) in [6.07, 6.45) is 0.528. The molecule has 0 aliphatic heterocycles. The van der Waals surface area contributed by atoms with E-state index in [1.54, 1.807) is 26.0 Å². The number of hydrogen-bond acceptors (Lipinski definition) is 4. The lowest BCUT2D eigenvalue weighted by Crippen LogP contribution is -2.33. The number of aromatic nitrogens is 2. The molecule has 7 nitrogen and oxygen atoms in total. The lowest BCUT2D eigenvalue weighted by atomic mass is 10.0. The van der Waals surface area contributed by atoms with Crippen LogP contribution in [-0.2, 0) is 16.4 Å². The molecule has 1 unspecified atom stereocenters. The Balaban J connectivity index is 1.64. The number of carbonyl (C=O) groups is 1. The molecule has 1 atom stereocenters. The minimum atomic E-state index is -3.71. The second kappa shape index (κ2) is 9.79. The number of hydrogen-bond donors (Lipinski definition) is 2. The number of sulfonamides is 1. The van der Waals surface area contributed by atoms with Gasteiger partial charge in [-0.05, 0) is 56.2 Å². The van der Waals surface area contributed by atoms with E-state index in [9.17, 15) is 13.2 Å². The van der Waals surface area contributed by atoms with E-state index in [1.807, 2.05) is 54.6 Å². The summed E-state index contributed by atoms with van der Waals surface area (Å²) in [7, 11) is -2.17. The monoisotopic (exact) mass is 476 g/mol. The Morgan fingerprint density at radius 3 is 2.41 bits per heavy atom. The largest absolute Gasteiger partial charge is 0.342 e. The lowest BCUT2D eigenvalue weighted by Gasteiger charge is -2.21. The van der Waals surface area contributed by atoms with Crippen molar-refractivity contribution in [2.24, 2.45) is 0 Å². The maximum atomic E-state index is 13.3. The van der Waals surface area contributed by atoms with Crippen LogP contribution in [0.1, 0.15) is 41.6 Å². The van der Waals surface area contributed by atoms with Gasteiger partial charge in [0.15, 0.2) is 0 Å². The van der Waals surface area contributed by atoms with E-state index in [4.69, 9.17) is 0 Å². The Bertz CT molecular complexity index is 1360. The van der Waals surface area contributed by atoms with E-state index in [2.05, 4.69) is 15.3 Å². The van der Waals surface area contributed by atoms with E-state index < -0.39 is 16.1 Å². The molecule has 176 valence electrons. The van der Waals surface area contributed by atoms with Gasteiger partial charge in [-0.3, -0.25) is 4.79 Å². The van der Waals surface area contributed by atoms with Gasteiger partial charge in [0.25, 0.3) is 5.91 Å². The summed E-state index contributed by atoms with van der Waals surface area (Å²) in [5, 5.41) is 3.05. The molecule has 8 heteroatoms. The summed E-state index contributed by atoms with van der Waals surface area (Å²) in [6, 6.07) is 23.0. The zero-order chi connectivity index (χ0) is 24.3. The zero-order valence-corrected chi connectivity index (χ0v) is 20.2. The molecule has 0 fully saturated rings. The first kappa shape index (κ1) is 23.7. The molecule has 4 aromatic rings. The molecule has 34 heavy (non-hydrogen) atoms. The molecule has 0 saturated heterocycles. The highest BCUT2D eigenvalue weighted by Gasteiger charge is 2.25. The van der Waals surface area contributed by atoms with Crippen LogP contribution in [0.5, 0.6) is 0 Å². The van der Waals surface area contributed by atoms with Crippen molar-refractivity contribution in [1.82, 2.24) is 19.6 Å². The van der Waals surface area contributed by atoms with Gasteiger partial charge in [-0.1, -0.05) is 48.5 Å². The number of imidazole rings is 1. The van der Waals surface area contributed by atoms with Crippen LogP contribution in [-0.4, -0.2) is 41.7 Å². The smallest absolute Gasteiger partial charge is 0.251 e. The number of nitrogens with zero attached hydrogens (tertiary/aromatic N) is 2. The summed E-state index contributed by atoms with van der Waals surface area (Å²) < 4.78 is 27.1. The van der Waals surface area contributed by atoms with Gasteiger partial charge in [-0.25, -0.2) is 13.4 Å². The third kappa shape index (κ3) is 5.03. The Morgan fingerprint density at radius 2 is 1.71 bits per heavy atom. The number of rotatable bonds is 8. The van der Waals surface area contributed by atoms with Crippen molar-refractivity contribution < 1.29 is 13.2 Å². The first-order valence-electron chi connectivity index (χ1n) is 11.1. The van der Waals surface area contributed by atoms with Crippen LogP contribution in [0.4, 0.5) is 0 Å². The predicted octanol–water partition coefficient (Wildman–Crippen LogP) is 4.31. The van der Waals surface area contributed by atoms with Gasteiger partial charge in [0.2, 0.25) is 10.0 Å². The lowest BCUT2D eigenvalue weighted by molar-refractivity contribution is 0.0934. The number of nitrogens with one attached hydrogen (secondary N) is 2. The van der Waals surface area contributed by atoms with Crippen LogP contribution in [0.2, 0.25) is 0 Å². The van der Waals surface area contributed by atoms with E-state index in [0.29, 0.717) is 12.2 Å². The molecular formula is C26H28N4O3S. The molecule has 0 bridgehead atoms. The Kier molecular flexibility index (Phi) is 6.81. The molecule has 1 amide bonds. The molecule has 0 saturated carbocycles. The average Bonchev–Trinajstić information content (AvgIpc) is 3.28. The summed E-state index contributed by atoms with van der Waals surface area (Å²) in [6.45, 7) is 3.60. The average molecular weight is 477 g/mol. The van der Waals surface area contributed by atoms with Crippen molar-refractivity contribution in [3.05, 3.63) is 95.8 Å². The molecule has 0 aliphatic carbocycles. The van der Waals surface area contributed by atoms with E-state index in [0.717, 1.165) is 16.6 Å². The van der Waals surface area contributed by atoms with Crippen LogP contribution in [0.15, 0.2) is 83.8 Å². The third-order valence-corrected chi connectivity index (χ3v) is 7.86. The second-order valence-corrected chi connectivity index (χ2v) is 10.5. The minimum Gasteiger partial charge on any atom is -0.342 e. The van der Waals surface area contributed by atoms with Crippen molar-refractivity contribution in [3.8, 4) is 0 Å². The van der Waals surface area contributed by atoms with Gasteiger partial charge in [-0.2, -0.15) is 4.31 Å². The molecule has 0 spiro atoms. The van der Waals surface area contributed by atoms with Crippen LogP contribution in [0.3, 0.4) is 0 Å². The van der Waals surface area contributed by atoms with Gasteiger partial charge in [-0.15, -0.1) is 0 Å². The highest BCUT2D eigenvalue weighted by Crippen LogP contribution is 2.22.